The Kier molecular flexibility index (Phi) is 6.04. The lowest BCUT2D eigenvalue weighted by atomic mass is 10.1. The van der Waals surface area contributed by atoms with Crippen LogP contribution in [0, 0.1) is 0 Å². The molecule has 0 fully saturated rings. The van der Waals surface area contributed by atoms with Gasteiger partial charge in [-0.25, -0.2) is 0 Å². The molecule has 0 bridgehead atoms. The number of benzene rings is 2. The van der Waals surface area contributed by atoms with Crippen LogP contribution in [0.15, 0.2) is 65.8 Å². The molecular formula is C19H20N4O2S. The van der Waals surface area contributed by atoms with Crippen molar-refractivity contribution in [1.29, 1.82) is 0 Å². The lowest BCUT2D eigenvalue weighted by Gasteiger charge is -2.10. The zero-order chi connectivity index (χ0) is 18.4. The van der Waals surface area contributed by atoms with Crippen LogP contribution in [-0.2, 0) is 18.4 Å². The molecule has 3 rings (SSSR count). The SMILES string of the molecule is Cn1c(SCC(=O)NCc2ccccc2)nnc1C(O)c1ccccc1. The molecule has 1 unspecified atom stereocenters. The number of carbonyl (C=O) groups is 1. The summed E-state index contributed by atoms with van der Waals surface area (Å²) in [7, 11) is 1.78. The Morgan fingerprint density at radius 1 is 1.12 bits per heavy atom. The Bertz CT molecular complexity index is 852. The molecule has 7 heteroatoms. The van der Waals surface area contributed by atoms with Gasteiger partial charge >= 0.3 is 0 Å². The summed E-state index contributed by atoms with van der Waals surface area (Å²) < 4.78 is 1.72. The average molecular weight is 368 g/mol. The molecule has 6 nitrogen and oxygen atoms in total. The normalized spacial score (nSPS) is 11.9. The van der Waals surface area contributed by atoms with E-state index in [0.29, 0.717) is 17.5 Å². The van der Waals surface area contributed by atoms with Crippen LogP contribution in [-0.4, -0.2) is 31.5 Å². The Hall–Kier alpha value is -2.64. The highest BCUT2D eigenvalue weighted by Crippen LogP contribution is 2.23. The first-order chi connectivity index (χ1) is 12.6. The zero-order valence-corrected chi connectivity index (χ0v) is 15.2. The van der Waals surface area contributed by atoms with Crippen LogP contribution in [0.2, 0.25) is 0 Å². The van der Waals surface area contributed by atoms with Gasteiger partial charge in [0.05, 0.1) is 5.75 Å². The fourth-order valence-corrected chi connectivity index (χ4v) is 3.20. The van der Waals surface area contributed by atoms with Gasteiger partial charge < -0.3 is 15.0 Å². The summed E-state index contributed by atoms with van der Waals surface area (Å²) in [5.41, 5.74) is 1.80. The molecule has 2 aromatic carbocycles. The first-order valence-electron chi connectivity index (χ1n) is 8.21. The van der Waals surface area contributed by atoms with Gasteiger partial charge in [-0.2, -0.15) is 0 Å². The molecule has 1 amide bonds. The third-order valence-corrected chi connectivity index (χ3v) is 4.91. The Labute approximate surface area is 156 Å². The van der Waals surface area contributed by atoms with E-state index in [1.807, 2.05) is 60.7 Å². The third kappa shape index (κ3) is 4.50. The fraction of sp³-hybridized carbons (Fsp3) is 0.211. The zero-order valence-electron chi connectivity index (χ0n) is 14.4. The molecule has 26 heavy (non-hydrogen) atoms. The highest BCUT2D eigenvalue weighted by atomic mass is 32.2. The van der Waals surface area contributed by atoms with Crippen molar-refractivity contribution in [2.75, 3.05) is 5.75 Å². The molecule has 1 heterocycles. The topological polar surface area (TPSA) is 80.0 Å². The third-order valence-electron chi connectivity index (χ3n) is 3.89. The maximum absolute atomic E-state index is 12.0. The molecule has 0 aliphatic carbocycles. The number of hydrogen-bond donors (Lipinski definition) is 2. The van der Waals surface area contributed by atoms with E-state index in [1.54, 1.807) is 11.6 Å². The highest BCUT2D eigenvalue weighted by Gasteiger charge is 2.19. The minimum absolute atomic E-state index is 0.0768. The van der Waals surface area contributed by atoms with Gasteiger partial charge in [0.2, 0.25) is 5.91 Å². The van der Waals surface area contributed by atoms with E-state index in [4.69, 9.17) is 0 Å². The lowest BCUT2D eigenvalue weighted by molar-refractivity contribution is -0.118. The predicted molar refractivity (Wildman–Crippen MR) is 101 cm³/mol. The maximum Gasteiger partial charge on any atom is 0.230 e. The van der Waals surface area contributed by atoms with Gasteiger partial charge in [0.25, 0.3) is 0 Å². The summed E-state index contributed by atoms with van der Waals surface area (Å²) in [5.74, 6) is 0.607. The molecule has 1 aromatic heterocycles. The first kappa shape index (κ1) is 18.2. The van der Waals surface area contributed by atoms with Crippen molar-refractivity contribution in [2.24, 2.45) is 7.05 Å². The van der Waals surface area contributed by atoms with Crippen molar-refractivity contribution in [3.63, 3.8) is 0 Å². The number of aromatic nitrogens is 3. The molecule has 0 aliphatic rings. The van der Waals surface area contributed by atoms with Gasteiger partial charge in [-0.1, -0.05) is 72.4 Å². The van der Waals surface area contributed by atoms with E-state index in [0.717, 1.165) is 11.1 Å². The van der Waals surface area contributed by atoms with Crippen molar-refractivity contribution in [3.05, 3.63) is 77.6 Å². The monoisotopic (exact) mass is 368 g/mol. The lowest BCUT2D eigenvalue weighted by Crippen LogP contribution is -2.24. The van der Waals surface area contributed by atoms with E-state index < -0.39 is 6.10 Å². The van der Waals surface area contributed by atoms with Gasteiger partial charge in [-0.3, -0.25) is 4.79 Å². The van der Waals surface area contributed by atoms with Gasteiger partial charge in [-0.05, 0) is 11.1 Å². The van der Waals surface area contributed by atoms with E-state index in [2.05, 4.69) is 15.5 Å². The largest absolute Gasteiger partial charge is 0.380 e. The quantitative estimate of drug-likeness (QED) is 0.626. The number of thioether (sulfide) groups is 1. The number of carbonyl (C=O) groups excluding carboxylic acids is 1. The minimum Gasteiger partial charge on any atom is -0.380 e. The van der Waals surface area contributed by atoms with Crippen LogP contribution in [0.25, 0.3) is 0 Å². The van der Waals surface area contributed by atoms with E-state index in [-0.39, 0.29) is 11.7 Å². The molecule has 2 N–H and O–H groups in total. The van der Waals surface area contributed by atoms with Crippen molar-refractivity contribution in [2.45, 2.75) is 17.8 Å². The molecule has 0 saturated heterocycles. The number of nitrogens with one attached hydrogen (secondary N) is 1. The van der Waals surface area contributed by atoms with Gasteiger partial charge in [-0.15, -0.1) is 10.2 Å². The number of amides is 1. The smallest absolute Gasteiger partial charge is 0.230 e. The second kappa shape index (κ2) is 8.64. The van der Waals surface area contributed by atoms with Crippen molar-refractivity contribution in [1.82, 2.24) is 20.1 Å². The first-order valence-corrected chi connectivity index (χ1v) is 9.19. The predicted octanol–water partition coefficient (Wildman–Crippen LogP) is 2.31. The molecule has 3 aromatic rings. The van der Waals surface area contributed by atoms with Crippen LogP contribution in [0.1, 0.15) is 23.1 Å². The maximum atomic E-state index is 12.0. The number of nitrogens with zero attached hydrogens (tertiary/aromatic N) is 3. The molecule has 0 aliphatic heterocycles. The number of rotatable bonds is 7. The molecule has 1 atom stereocenters. The van der Waals surface area contributed by atoms with Crippen LogP contribution in [0.4, 0.5) is 0 Å². The van der Waals surface area contributed by atoms with Crippen LogP contribution in [0.5, 0.6) is 0 Å². The molecule has 0 spiro atoms. The number of hydrogen-bond acceptors (Lipinski definition) is 5. The van der Waals surface area contributed by atoms with Crippen molar-refractivity contribution >= 4 is 17.7 Å². The summed E-state index contributed by atoms with van der Waals surface area (Å²) in [6.07, 6.45) is -0.852. The van der Waals surface area contributed by atoms with Crippen LogP contribution < -0.4 is 5.32 Å². The standard InChI is InChI=1S/C19H20N4O2S/c1-23-18(17(25)15-10-6-3-7-11-15)21-22-19(23)26-13-16(24)20-12-14-8-4-2-5-9-14/h2-11,17,25H,12-13H2,1H3,(H,20,24). The summed E-state index contributed by atoms with van der Waals surface area (Å²) in [6, 6.07) is 19.0. The summed E-state index contributed by atoms with van der Waals surface area (Å²) in [6.45, 7) is 0.497. The van der Waals surface area contributed by atoms with Gasteiger partial charge in [0.1, 0.15) is 6.10 Å². The Morgan fingerprint density at radius 2 is 1.77 bits per heavy atom. The fourth-order valence-electron chi connectivity index (χ4n) is 2.45. The van der Waals surface area contributed by atoms with Crippen LogP contribution >= 0.6 is 11.8 Å². The van der Waals surface area contributed by atoms with Gasteiger partial charge in [0.15, 0.2) is 11.0 Å². The van der Waals surface area contributed by atoms with Crippen molar-refractivity contribution < 1.29 is 9.90 Å². The van der Waals surface area contributed by atoms with Crippen molar-refractivity contribution in [3.8, 4) is 0 Å². The van der Waals surface area contributed by atoms with E-state index in [9.17, 15) is 9.90 Å². The summed E-state index contributed by atoms with van der Waals surface area (Å²) >= 11 is 1.29. The van der Waals surface area contributed by atoms with E-state index >= 15 is 0 Å². The van der Waals surface area contributed by atoms with Crippen LogP contribution in [0.3, 0.4) is 0 Å². The number of aliphatic hydroxyl groups is 1. The Balaban J connectivity index is 1.56. The minimum atomic E-state index is -0.852. The summed E-state index contributed by atoms with van der Waals surface area (Å²) in [4.78, 5) is 12.0. The van der Waals surface area contributed by atoms with Gasteiger partial charge in [0, 0.05) is 13.6 Å². The average Bonchev–Trinajstić information content (AvgIpc) is 3.06. The molecule has 0 saturated carbocycles. The van der Waals surface area contributed by atoms with E-state index in [1.165, 1.54) is 11.8 Å². The molecule has 134 valence electrons. The number of aliphatic hydroxyl groups excluding tert-OH is 1. The molecular weight excluding hydrogens is 348 g/mol. The summed E-state index contributed by atoms with van der Waals surface area (Å²) in [5, 5.41) is 22.1. The second-order valence-corrected chi connectivity index (χ2v) is 6.71. The second-order valence-electron chi connectivity index (χ2n) is 5.76. The molecule has 0 radical (unpaired) electrons. The Morgan fingerprint density at radius 3 is 2.46 bits per heavy atom. The highest BCUT2D eigenvalue weighted by molar-refractivity contribution is 7.99.